The van der Waals surface area contributed by atoms with Gasteiger partial charge in [-0.25, -0.2) is 4.98 Å². The zero-order chi connectivity index (χ0) is 13.3. The number of aliphatic hydroxyl groups is 1. The van der Waals surface area contributed by atoms with Crippen molar-refractivity contribution >= 4 is 11.0 Å². The molecule has 0 radical (unpaired) electrons. The summed E-state index contributed by atoms with van der Waals surface area (Å²) in [6, 6.07) is 17.7. The van der Waals surface area contributed by atoms with Crippen molar-refractivity contribution in [1.29, 1.82) is 0 Å². The van der Waals surface area contributed by atoms with Crippen molar-refractivity contribution in [3.05, 3.63) is 66.0 Å². The molecule has 0 aliphatic rings. The number of hydrogen-bond acceptors (Lipinski definition) is 2. The fourth-order valence-corrected chi connectivity index (χ4v) is 2.28. The fraction of sp³-hybridized carbons (Fsp3) is 0.188. The van der Waals surface area contributed by atoms with E-state index in [0.717, 1.165) is 16.6 Å². The molecule has 19 heavy (non-hydrogen) atoms. The van der Waals surface area contributed by atoms with Gasteiger partial charge in [0.25, 0.3) is 0 Å². The number of aromatic amines is 1. The zero-order valence-corrected chi connectivity index (χ0v) is 10.8. The monoisotopic (exact) mass is 252 g/mol. The number of para-hydroxylation sites is 2. The third-order valence-electron chi connectivity index (χ3n) is 3.29. The van der Waals surface area contributed by atoms with Crippen molar-refractivity contribution in [3.63, 3.8) is 0 Å². The largest absolute Gasteiger partial charge is 0.382 e. The molecule has 3 rings (SSSR count). The van der Waals surface area contributed by atoms with Crippen LogP contribution in [0.1, 0.15) is 18.3 Å². The molecule has 3 nitrogen and oxygen atoms in total. The molecular formula is C16H16N2O. The average molecular weight is 252 g/mol. The molecule has 1 atom stereocenters. The highest BCUT2D eigenvalue weighted by molar-refractivity contribution is 5.74. The summed E-state index contributed by atoms with van der Waals surface area (Å²) < 4.78 is 0. The summed E-state index contributed by atoms with van der Waals surface area (Å²) in [5.41, 5.74) is 1.92. The predicted octanol–water partition coefficient (Wildman–Crippen LogP) is 3.01. The van der Waals surface area contributed by atoms with Crippen molar-refractivity contribution < 1.29 is 5.11 Å². The smallest absolute Gasteiger partial charge is 0.139 e. The van der Waals surface area contributed by atoms with Gasteiger partial charge in [0.2, 0.25) is 0 Å². The van der Waals surface area contributed by atoms with E-state index in [1.807, 2.05) is 54.6 Å². The molecule has 1 heterocycles. The molecule has 1 aromatic heterocycles. The number of aromatic nitrogens is 2. The van der Waals surface area contributed by atoms with Gasteiger partial charge in [0.15, 0.2) is 0 Å². The Balaban J connectivity index is 1.95. The lowest BCUT2D eigenvalue weighted by molar-refractivity contribution is 0.0493. The second kappa shape index (κ2) is 4.52. The lowest BCUT2D eigenvalue weighted by Crippen LogP contribution is -2.25. The maximum atomic E-state index is 10.6. The molecule has 0 fully saturated rings. The summed E-state index contributed by atoms with van der Waals surface area (Å²) in [5.74, 6) is 0.609. The molecule has 96 valence electrons. The number of nitrogens with one attached hydrogen (secondary N) is 1. The van der Waals surface area contributed by atoms with Gasteiger partial charge < -0.3 is 10.1 Å². The summed E-state index contributed by atoms with van der Waals surface area (Å²) in [5, 5.41) is 10.6. The maximum absolute atomic E-state index is 10.6. The molecule has 0 aliphatic heterocycles. The number of hydrogen-bond donors (Lipinski definition) is 2. The summed E-state index contributed by atoms with van der Waals surface area (Å²) in [6.07, 6.45) is 0.535. The van der Waals surface area contributed by atoms with Gasteiger partial charge in [-0.15, -0.1) is 0 Å². The number of fused-ring (bicyclic) bond motifs is 1. The summed E-state index contributed by atoms with van der Waals surface area (Å²) in [6.45, 7) is 1.79. The number of rotatable bonds is 3. The van der Waals surface area contributed by atoms with Crippen molar-refractivity contribution in [2.75, 3.05) is 0 Å². The second-order valence-electron chi connectivity index (χ2n) is 5.04. The Labute approximate surface area is 111 Å². The van der Waals surface area contributed by atoms with Gasteiger partial charge in [0.1, 0.15) is 11.4 Å². The molecule has 1 unspecified atom stereocenters. The highest BCUT2D eigenvalue weighted by atomic mass is 16.3. The number of nitrogens with zero attached hydrogens (tertiary/aromatic N) is 1. The van der Waals surface area contributed by atoms with Crippen LogP contribution in [0.2, 0.25) is 0 Å². The first-order chi connectivity index (χ1) is 9.15. The standard InChI is InChI=1S/C16H16N2O/c1-16(19,11-12-7-3-2-4-8-12)15-17-13-9-5-6-10-14(13)18-15/h2-10,19H,11H2,1H3,(H,17,18). The van der Waals surface area contributed by atoms with Crippen LogP contribution in [0.3, 0.4) is 0 Å². The summed E-state index contributed by atoms with van der Waals surface area (Å²) in [4.78, 5) is 7.67. The topological polar surface area (TPSA) is 48.9 Å². The molecule has 0 saturated heterocycles. The SMILES string of the molecule is CC(O)(Cc1ccccc1)c1nc2ccccc2[nH]1. The van der Waals surface area contributed by atoms with Crippen LogP contribution in [-0.2, 0) is 12.0 Å². The minimum absolute atomic E-state index is 0.535. The Morgan fingerprint density at radius 2 is 1.74 bits per heavy atom. The van der Waals surface area contributed by atoms with E-state index in [1.165, 1.54) is 0 Å². The van der Waals surface area contributed by atoms with E-state index in [2.05, 4.69) is 9.97 Å². The van der Waals surface area contributed by atoms with E-state index in [9.17, 15) is 5.11 Å². The van der Waals surface area contributed by atoms with Gasteiger partial charge in [-0.1, -0.05) is 42.5 Å². The van der Waals surface area contributed by atoms with E-state index in [0.29, 0.717) is 12.2 Å². The van der Waals surface area contributed by atoms with E-state index in [1.54, 1.807) is 6.92 Å². The quantitative estimate of drug-likeness (QED) is 0.752. The van der Waals surface area contributed by atoms with Gasteiger partial charge in [-0.05, 0) is 24.6 Å². The number of H-pyrrole nitrogens is 1. The van der Waals surface area contributed by atoms with Crippen LogP contribution < -0.4 is 0 Å². The van der Waals surface area contributed by atoms with Crippen LogP contribution in [0, 0.1) is 0 Å². The van der Waals surface area contributed by atoms with Crippen molar-refractivity contribution in [2.45, 2.75) is 18.9 Å². The average Bonchev–Trinajstić information content (AvgIpc) is 2.84. The minimum atomic E-state index is -1.000. The lowest BCUT2D eigenvalue weighted by atomic mass is 9.96. The molecule has 2 N–H and O–H groups in total. The molecular weight excluding hydrogens is 236 g/mol. The van der Waals surface area contributed by atoms with Crippen LogP contribution in [0.5, 0.6) is 0 Å². The van der Waals surface area contributed by atoms with E-state index >= 15 is 0 Å². The van der Waals surface area contributed by atoms with E-state index in [-0.39, 0.29) is 0 Å². The van der Waals surface area contributed by atoms with Crippen LogP contribution in [0.25, 0.3) is 11.0 Å². The van der Waals surface area contributed by atoms with E-state index < -0.39 is 5.60 Å². The maximum Gasteiger partial charge on any atom is 0.139 e. The third kappa shape index (κ3) is 2.37. The number of benzene rings is 2. The van der Waals surface area contributed by atoms with E-state index in [4.69, 9.17) is 0 Å². The molecule has 0 spiro atoms. The van der Waals surface area contributed by atoms with Crippen molar-refractivity contribution in [1.82, 2.24) is 9.97 Å². The third-order valence-corrected chi connectivity index (χ3v) is 3.29. The highest BCUT2D eigenvalue weighted by Crippen LogP contribution is 2.25. The first kappa shape index (κ1) is 11.9. The Bertz CT molecular complexity index is 653. The summed E-state index contributed by atoms with van der Waals surface area (Å²) in [7, 11) is 0. The van der Waals surface area contributed by atoms with Crippen LogP contribution >= 0.6 is 0 Å². The Morgan fingerprint density at radius 3 is 2.47 bits per heavy atom. The van der Waals surface area contributed by atoms with Gasteiger partial charge in [-0.2, -0.15) is 0 Å². The second-order valence-corrected chi connectivity index (χ2v) is 5.04. The van der Waals surface area contributed by atoms with Crippen LogP contribution in [0.15, 0.2) is 54.6 Å². The predicted molar refractivity (Wildman–Crippen MR) is 75.8 cm³/mol. The molecule has 3 heteroatoms. The molecule has 3 aromatic rings. The van der Waals surface area contributed by atoms with Crippen LogP contribution in [-0.4, -0.2) is 15.1 Å². The number of imidazole rings is 1. The zero-order valence-electron chi connectivity index (χ0n) is 10.8. The molecule has 0 saturated carbocycles. The Morgan fingerprint density at radius 1 is 1.05 bits per heavy atom. The summed E-state index contributed by atoms with van der Waals surface area (Å²) >= 11 is 0. The Kier molecular flexibility index (Phi) is 2.84. The molecule has 0 aliphatic carbocycles. The minimum Gasteiger partial charge on any atom is -0.382 e. The first-order valence-corrected chi connectivity index (χ1v) is 6.37. The molecule has 0 bridgehead atoms. The van der Waals surface area contributed by atoms with Gasteiger partial charge in [0, 0.05) is 6.42 Å². The van der Waals surface area contributed by atoms with Crippen LogP contribution in [0.4, 0.5) is 0 Å². The Hall–Kier alpha value is -2.13. The molecule has 2 aromatic carbocycles. The van der Waals surface area contributed by atoms with Gasteiger partial charge in [-0.3, -0.25) is 0 Å². The van der Waals surface area contributed by atoms with Gasteiger partial charge >= 0.3 is 0 Å². The highest BCUT2D eigenvalue weighted by Gasteiger charge is 2.27. The van der Waals surface area contributed by atoms with Crippen molar-refractivity contribution in [2.24, 2.45) is 0 Å². The lowest BCUT2D eigenvalue weighted by Gasteiger charge is -2.20. The first-order valence-electron chi connectivity index (χ1n) is 6.37. The molecule has 0 amide bonds. The van der Waals surface area contributed by atoms with Gasteiger partial charge in [0.05, 0.1) is 11.0 Å². The normalized spacial score (nSPS) is 14.4. The fourth-order valence-electron chi connectivity index (χ4n) is 2.28. The van der Waals surface area contributed by atoms with Crippen molar-refractivity contribution in [3.8, 4) is 0 Å².